The Hall–Kier alpha value is -2.63. The number of urea groups is 1. The third-order valence-electron chi connectivity index (χ3n) is 5.29. The molecule has 0 aliphatic carbocycles. The van der Waals surface area contributed by atoms with E-state index in [-0.39, 0.29) is 23.8 Å². The molecule has 1 aliphatic heterocycles. The van der Waals surface area contributed by atoms with Gasteiger partial charge in [0.25, 0.3) is 10.2 Å². The average molecular weight is 471 g/mol. The predicted octanol–water partition coefficient (Wildman–Crippen LogP) is 3.55. The molecule has 2 aromatic carbocycles. The van der Waals surface area contributed by atoms with Gasteiger partial charge in [0.15, 0.2) is 0 Å². The minimum absolute atomic E-state index is 0.111. The number of para-hydroxylation sites is 1. The first-order valence-corrected chi connectivity index (χ1v) is 11.5. The highest BCUT2D eigenvalue weighted by atomic mass is 32.2. The van der Waals surface area contributed by atoms with Gasteiger partial charge in [-0.3, -0.25) is 0 Å². The number of likely N-dealkylation sites (tertiary alicyclic amines) is 1. The lowest BCUT2D eigenvalue weighted by Gasteiger charge is -2.23. The van der Waals surface area contributed by atoms with Crippen LogP contribution in [0.5, 0.6) is 0 Å². The Kier molecular flexibility index (Phi) is 7.42. The topological polar surface area (TPSA) is 81.8 Å². The van der Waals surface area contributed by atoms with Gasteiger partial charge in [0.2, 0.25) is 0 Å². The minimum atomic E-state index is -3.61. The highest BCUT2D eigenvalue weighted by Crippen LogP contribution is 2.34. The van der Waals surface area contributed by atoms with Crippen molar-refractivity contribution >= 4 is 21.9 Å². The summed E-state index contributed by atoms with van der Waals surface area (Å²) < 4.78 is 70.9. The number of halogens is 3. The van der Waals surface area contributed by atoms with Crippen LogP contribution >= 0.6 is 0 Å². The average Bonchev–Trinajstić information content (AvgIpc) is 2.95. The Morgan fingerprint density at radius 3 is 2.28 bits per heavy atom. The van der Waals surface area contributed by atoms with Crippen LogP contribution in [0.25, 0.3) is 11.1 Å². The number of rotatable bonds is 5. The number of hydrogen-bond acceptors (Lipinski definition) is 3. The fraction of sp³-hybridized carbons (Fsp3) is 0.381. The van der Waals surface area contributed by atoms with E-state index in [2.05, 4.69) is 10.0 Å². The van der Waals surface area contributed by atoms with E-state index in [0.29, 0.717) is 25.8 Å². The van der Waals surface area contributed by atoms with Gasteiger partial charge in [-0.2, -0.15) is 17.4 Å². The number of hydrogen-bond donors (Lipinski definition) is 2. The number of nitrogens with one attached hydrogen (secondary N) is 2. The van der Waals surface area contributed by atoms with Gasteiger partial charge in [-0.15, -0.1) is 0 Å². The van der Waals surface area contributed by atoms with Crippen molar-refractivity contribution < 1.29 is 26.4 Å². The molecule has 11 heteroatoms. The van der Waals surface area contributed by atoms with Gasteiger partial charge in [0.1, 0.15) is 17.5 Å². The van der Waals surface area contributed by atoms with Crippen LogP contribution in [0.2, 0.25) is 0 Å². The van der Waals surface area contributed by atoms with Crippen molar-refractivity contribution in [3.8, 4) is 11.1 Å². The maximum absolute atomic E-state index is 14.6. The Bertz CT molecular complexity index is 1080. The maximum Gasteiger partial charge on any atom is 0.321 e. The SMILES string of the molecule is CN(C)S(=O)(=O)N[C@H]1CCCN(C(=O)Nc2c(F)cccc2-c2c(F)cccc2F)CC1. The highest BCUT2D eigenvalue weighted by Gasteiger charge is 2.26. The molecular formula is C21H25F3N4O3S. The van der Waals surface area contributed by atoms with Crippen molar-refractivity contribution in [3.63, 3.8) is 0 Å². The predicted molar refractivity (Wildman–Crippen MR) is 116 cm³/mol. The van der Waals surface area contributed by atoms with E-state index >= 15 is 0 Å². The summed E-state index contributed by atoms with van der Waals surface area (Å²) in [5, 5.41) is 2.44. The summed E-state index contributed by atoms with van der Waals surface area (Å²) in [6.45, 7) is 0.550. The molecule has 2 aromatic rings. The van der Waals surface area contributed by atoms with Gasteiger partial charge in [-0.1, -0.05) is 18.2 Å². The zero-order valence-corrected chi connectivity index (χ0v) is 18.6. The zero-order chi connectivity index (χ0) is 23.5. The molecule has 2 amide bonds. The number of carbonyl (C=O) groups excluding carboxylic acids is 1. The lowest BCUT2D eigenvalue weighted by molar-refractivity contribution is 0.213. The second kappa shape index (κ2) is 9.88. The van der Waals surface area contributed by atoms with Gasteiger partial charge < -0.3 is 10.2 Å². The summed E-state index contributed by atoms with van der Waals surface area (Å²) in [7, 11) is -0.767. The molecule has 0 radical (unpaired) electrons. The molecule has 1 atom stereocenters. The van der Waals surface area contributed by atoms with Crippen LogP contribution in [0, 0.1) is 17.5 Å². The molecule has 1 fully saturated rings. The van der Waals surface area contributed by atoms with Crippen molar-refractivity contribution in [1.82, 2.24) is 13.9 Å². The third kappa shape index (κ3) is 5.40. The van der Waals surface area contributed by atoms with Gasteiger partial charge >= 0.3 is 6.03 Å². The summed E-state index contributed by atoms with van der Waals surface area (Å²) in [5.41, 5.74) is -0.868. The summed E-state index contributed by atoms with van der Waals surface area (Å²) in [5.74, 6) is -2.58. The monoisotopic (exact) mass is 470 g/mol. The molecule has 1 aliphatic rings. The molecule has 2 N–H and O–H groups in total. The molecule has 1 heterocycles. The Morgan fingerprint density at radius 2 is 1.62 bits per heavy atom. The fourth-order valence-corrected chi connectivity index (χ4v) is 4.40. The van der Waals surface area contributed by atoms with Gasteiger partial charge in [0.05, 0.1) is 11.3 Å². The van der Waals surface area contributed by atoms with Crippen molar-refractivity contribution in [2.24, 2.45) is 0 Å². The van der Waals surface area contributed by atoms with Crippen molar-refractivity contribution in [1.29, 1.82) is 0 Å². The lowest BCUT2D eigenvalue weighted by Crippen LogP contribution is -2.43. The number of nitrogens with zero attached hydrogens (tertiary/aromatic N) is 2. The van der Waals surface area contributed by atoms with Gasteiger partial charge in [-0.25, -0.2) is 18.0 Å². The van der Waals surface area contributed by atoms with E-state index in [0.717, 1.165) is 22.5 Å². The molecule has 0 aromatic heterocycles. The van der Waals surface area contributed by atoms with Crippen LogP contribution in [-0.2, 0) is 10.2 Å². The maximum atomic E-state index is 14.6. The van der Waals surface area contributed by atoms with E-state index < -0.39 is 39.3 Å². The fourth-order valence-electron chi connectivity index (χ4n) is 3.53. The van der Waals surface area contributed by atoms with Crippen LogP contribution in [-0.4, -0.2) is 56.9 Å². The Labute approximate surface area is 185 Å². The van der Waals surface area contributed by atoms with E-state index in [1.165, 1.54) is 37.2 Å². The van der Waals surface area contributed by atoms with E-state index in [1.807, 2.05) is 0 Å². The lowest BCUT2D eigenvalue weighted by atomic mass is 10.0. The van der Waals surface area contributed by atoms with Gasteiger partial charge in [0, 0.05) is 38.8 Å². The van der Waals surface area contributed by atoms with E-state index in [4.69, 9.17) is 0 Å². The van der Waals surface area contributed by atoms with Crippen LogP contribution in [0.3, 0.4) is 0 Å². The second-order valence-corrected chi connectivity index (χ2v) is 9.63. The Morgan fingerprint density at radius 1 is 1.00 bits per heavy atom. The van der Waals surface area contributed by atoms with Crippen molar-refractivity contribution in [2.75, 3.05) is 32.5 Å². The first-order valence-electron chi connectivity index (χ1n) is 10.1. The highest BCUT2D eigenvalue weighted by molar-refractivity contribution is 7.87. The summed E-state index contributed by atoms with van der Waals surface area (Å²) in [6.07, 6.45) is 1.43. The van der Waals surface area contributed by atoms with Gasteiger partial charge in [-0.05, 0) is 37.5 Å². The molecule has 7 nitrogen and oxygen atoms in total. The first-order chi connectivity index (χ1) is 15.1. The minimum Gasteiger partial charge on any atom is -0.324 e. The summed E-state index contributed by atoms with van der Waals surface area (Å²) >= 11 is 0. The zero-order valence-electron chi connectivity index (χ0n) is 17.7. The van der Waals surface area contributed by atoms with E-state index in [9.17, 15) is 26.4 Å². The second-order valence-electron chi connectivity index (χ2n) is 7.71. The molecule has 0 unspecified atom stereocenters. The van der Waals surface area contributed by atoms with Crippen molar-refractivity contribution in [2.45, 2.75) is 25.3 Å². The quantitative estimate of drug-likeness (QED) is 0.701. The standard InChI is InChI=1S/C21H25F3N4O3S/c1-27(2)32(30,31)26-14-6-5-12-28(13-11-14)21(29)25-20-15(7-3-10-18(20)24)19-16(22)8-4-9-17(19)23/h3-4,7-10,14,26H,5-6,11-13H2,1-2H3,(H,25,29)/t14-/m0/s1. The molecule has 0 bridgehead atoms. The largest absolute Gasteiger partial charge is 0.324 e. The normalized spacial score (nSPS) is 17.3. The molecule has 0 saturated carbocycles. The number of anilines is 1. The van der Waals surface area contributed by atoms with Crippen LogP contribution in [0.15, 0.2) is 36.4 Å². The Balaban J connectivity index is 1.77. The molecule has 32 heavy (non-hydrogen) atoms. The first kappa shape index (κ1) is 24.0. The third-order valence-corrected chi connectivity index (χ3v) is 6.88. The van der Waals surface area contributed by atoms with Crippen LogP contribution in [0.4, 0.5) is 23.7 Å². The number of amides is 2. The molecule has 0 spiro atoms. The van der Waals surface area contributed by atoms with Crippen LogP contribution in [0.1, 0.15) is 19.3 Å². The molecule has 3 rings (SSSR count). The van der Waals surface area contributed by atoms with E-state index in [1.54, 1.807) is 0 Å². The molecule has 174 valence electrons. The summed E-state index contributed by atoms with van der Waals surface area (Å²) in [4.78, 5) is 14.3. The smallest absolute Gasteiger partial charge is 0.321 e. The summed E-state index contributed by atoms with van der Waals surface area (Å²) in [6, 6.07) is 6.04. The number of benzene rings is 2. The van der Waals surface area contributed by atoms with Crippen LogP contribution < -0.4 is 10.0 Å². The molecule has 1 saturated heterocycles. The number of carbonyl (C=O) groups is 1. The molecular weight excluding hydrogens is 445 g/mol. The van der Waals surface area contributed by atoms with Crippen molar-refractivity contribution in [3.05, 3.63) is 53.8 Å².